The summed E-state index contributed by atoms with van der Waals surface area (Å²) >= 11 is 0. The number of carbonyl (C=O) groups excluding carboxylic acids is 1. The molecule has 2 aromatic carbocycles. The molecule has 23 heavy (non-hydrogen) atoms. The minimum absolute atomic E-state index is 0.276. The van der Waals surface area contributed by atoms with Gasteiger partial charge in [-0.1, -0.05) is 36.4 Å². The Morgan fingerprint density at radius 3 is 2.52 bits per heavy atom. The third-order valence-electron chi connectivity index (χ3n) is 3.69. The fourth-order valence-electron chi connectivity index (χ4n) is 2.15. The highest BCUT2D eigenvalue weighted by molar-refractivity contribution is 7.85. The van der Waals surface area contributed by atoms with E-state index in [4.69, 9.17) is 4.74 Å². The Balaban J connectivity index is 2.04. The van der Waals surface area contributed by atoms with Crippen molar-refractivity contribution in [3.05, 3.63) is 59.7 Å². The van der Waals surface area contributed by atoms with Crippen LogP contribution in [0.25, 0.3) is 0 Å². The topological polar surface area (TPSA) is 55.4 Å². The molecule has 2 atom stereocenters. The number of methoxy groups -OCH3 is 1. The maximum atomic E-state index is 12.5. The van der Waals surface area contributed by atoms with Crippen LogP contribution in [-0.2, 0) is 21.3 Å². The fraction of sp³-hybridized carbons (Fsp3) is 0.278. The van der Waals surface area contributed by atoms with Gasteiger partial charge in [-0.15, -0.1) is 0 Å². The summed E-state index contributed by atoms with van der Waals surface area (Å²) < 4.78 is 17.7. The van der Waals surface area contributed by atoms with Crippen molar-refractivity contribution < 1.29 is 13.7 Å². The SMILES string of the molecule is COc1ccccc1NC(=O)[C@H](C)[S@@](=O)Cc1ccccc1C. The van der Waals surface area contributed by atoms with Crippen molar-refractivity contribution >= 4 is 22.4 Å². The number of nitrogens with one attached hydrogen (secondary N) is 1. The van der Waals surface area contributed by atoms with Gasteiger partial charge in [0.05, 0.1) is 12.8 Å². The molecule has 0 saturated carbocycles. The van der Waals surface area contributed by atoms with E-state index in [1.165, 1.54) is 0 Å². The summed E-state index contributed by atoms with van der Waals surface area (Å²) in [5.41, 5.74) is 2.67. The highest BCUT2D eigenvalue weighted by Gasteiger charge is 2.21. The molecule has 0 aliphatic rings. The van der Waals surface area contributed by atoms with Gasteiger partial charge in [-0.05, 0) is 37.1 Å². The summed E-state index contributed by atoms with van der Waals surface area (Å²) in [6, 6.07) is 14.9. The number of para-hydroxylation sites is 2. The van der Waals surface area contributed by atoms with Crippen LogP contribution in [0.3, 0.4) is 0 Å². The van der Waals surface area contributed by atoms with E-state index >= 15 is 0 Å². The van der Waals surface area contributed by atoms with Gasteiger partial charge in [-0.25, -0.2) is 0 Å². The van der Waals surface area contributed by atoms with Crippen LogP contribution in [0.1, 0.15) is 18.1 Å². The lowest BCUT2D eigenvalue weighted by molar-refractivity contribution is -0.115. The minimum atomic E-state index is -1.29. The zero-order valence-electron chi connectivity index (χ0n) is 13.5. The molecular formula is C18H21NO3S. The number of aryl methyl sites for hydroxylation is 1. The molecule has 1 amide bonds. The number of carbonyl (C=O) groups is 1. The van der Waals surface area contributed by atoms with Gasteiger partial charge in [0.1, 0.15) is 11.0 Å². The van der Waals surface area contributed by atoms with E-state index in [1.54, 1.807) is 26.2 Å². The van der Waals surface area contributed by atoms with Gasteiger partial charge >= 0.3 is 0 Å². The quantitative estimate of drug-likeness (QED) is 0.884. The van der Waals surface area contributed by atoms with Gasteiger partial charge in [-0.2, -0.15) is 0 Å². The van der Waals surface area contributed by atoms with E-state index in [0.717, 1.165) is 11.1 Å². The van der Waals surface area contributed by atoms with Crippen LogP contribution in [0.5, 0.6) is 5.75 Å². The molecule has 0 aromatic heterocycles. The maximum Gasteiger partial charge on any atom is 0.239 e. The Morgan fingerprint density at radius 1 is 1.17 bits per heavy atom. The lowest BCUT2D eigenvalue weighted by atomic mass is 10.1. The second-order valence-corrected chi connectivity index (χ2v) is 7.04. The van der Waals surface area contributed by atoms with Crippen LogP contribution < -0.4 is 10.1 Å². The summed E-state index contributed by atoms with van der Waals surface area (Å²) in [7, 11) is 0.255. The molecule has 0 bridgehead atoms. The third kappa shape index (κ3) is 4.42. The normalized spacial score (nSPS) is 13.2. The average molecular weight is 331 g/mol. The molecule has 0 aliphatic heterocycles. The Morgan fingerprint density at radius 2 is 1.83 bits per heavy atom. The first-order valence-corrected chi connectivity index (χ1v) is 8.76. The summed E-state index contributed by atoms with van der Waals surface area (Å²) in [6.07, 6.45) is 0. The molecule has 2 aromatic rings. The smallest absolute Gasteiger partial charge is 0.239 e. The van der Waals surface area contributed by atoms with E-state index in [0.29, 0.717) is 17.2 Å². The summed E-state index contributed by atoms with van der Waals surface area (Å²) in [6.45, 7) is 3.66. The minimum Gasteiger partial charge on any atom is -0.495 e. The molecule has 4 nitrogen and oxygen atoms in total. The van der Waals surface area contributed by atoms with Gasteiger partial charge in [-0.3, -0.25) is 9.00 Å². The van der Waals surface area contributed by atoms with Crippen molar-refractivity contribution in [2.24, 2.45) is 0 Å². The van der Waals surface area contributed by atoms with Crippen molar-refractivity contribution in [1.29, 1.82) is 0 Å². The predicted molar refractivity (Wildman–Crippen MR) is 94.1 cm³/mol. The standard InChI is InChI=1S/C18H21NO3S/c1-13-8-4-5-9-15(13)12-23(21)14(2)18(20)19-16-10-6-7-11-17(16)22-3/h4-11,14H,12H2,1-3H3,(H,19,20)/t14-,23-/m0/s1. The molecular weight excluding hydrogens is 310 g/mol. The first kappa shape index (κ1) is 17.2. The lowest BCUT2D eigenvalue weighted by Crippen LogP contribution is -2.30. The van der Waals surface area contributed by atoms with Gasteiger partial charge in [0.2, 0.25) is 5.91 Å². The average Bonchev–Trinajstić information content (AvgIpc) is 2.56. The van der Waals surface area contributed by atoms with E-state index in [2.05, 4.69) is 5.32 Å². The van der Waals surface area contributed by atoms with Gasteiger partial charge in [0, 0.05) is 16.6 Å². The van der Waals surface area contributed by atoms with Crippen molar-refractivity contribution in [3.63, 3.8) is 0 Å². The Bertz CT molecular complexity index is 715. The van der Waals surface area contributed by atoms with Crippen LogP contribution in [0.2, 0.25) is 0 Å². The maximum absolute atomic E-state index is 12.5. The second kappa shape index (κ2) is 7.92. The lowest BCUT2D eigenvalue weighted by Gasteiger charge is -2.15. The number of anilines is 1. The molecule has 2 rings (SSSR count). The van der Waals surface area contributed by atoms with Crippen molar-refractivity contribution in [3.8, 4) is 5.75 Å². The zero-order chi connectivity index (χ0) is 16.8. The Labute approximate surface area is 139 Å². The second-order valence-electron chi connectivity index (χ2n) is 5.28. The van der Waals surface area contributed by atoms with Crippen LogP contribution in [0, 0.1) is 6.92 Å². The van der Waals surface area contributed by atoms with Gasteiger partial charge in [0.25, 0.3) is 0 Å². The number of amides is 1. The van der Waals surface area contributed by atoms with Crippen molar-refractivity contribution in [1.82, 2.24) is 0 Å². The van der Waals surface area contributed by atoms with E-state index < -0.39 is 16.0 Å². The molecule has 1 N–H and O–H groups in total. The number of hydrogen-bond acceptors (Lipinski definition) is 3. The molecule has 122 valence electrons. The Hall–Kier alpha value is -2.14. The zero-order valence-corrected chi connectivity index (χ0v) is 14.4. The summed E-state index contributed by atoms with van der Waals surface area (Å²) in [5.74, 6) is 0.673. The predicted octanol–water partition coefficient (Wildman–Crippen LogP) is 3.28. The number of hydrogen-bond donors (Lipinski definition) is 1. The first-order valence-electron chi connectivity index (χ1n) is 7.38. The van der Waals surface area contributed by atoms with E-state index in [1.807, 2.05) is 43.3 Å². The summed E-state index contributed by atoms with van der Waals surface area (Å²) in [4.78, 5) is 12.3. The largest absolute Gasteiger partial charge is 0.495 e. The molecule has 0 saturated heterocycles. The van der Waals surface area contributed by atoms with Gasteiger partial charge < -0.3 is 10.1 Å². The third-order valence-corrected chi connectivity index (χ3v) is 5.29. The monoisotopic (exact) mass is 331 g/mol. The fourth-order valence-corrected chi connectivity index (χ4v) is 3.33. The molecule has 0 unspecified atom stereocenters. The molecule has 0 radical (unpaired) electrons. The highest BCUT2D eigenvalue weighted by Crippen LogP contribution is 2.23. The molecule has 5 heteroatoms. The van der Waals surface area contributed by atoms with Crippen LogP contribution in [-0.4, -0.2) is 22.5 Å². The highest BCUT2D eigenvalue weighted by atomic mass is 32.2. The van der Waals surface area contributed by atoms with E-state index in [9.17, 15) is 9.00 Å². The van der Waals surface area contributed by atoms with Crippen molar-refractivity contribution in [2.45, 2.75) is 24.9 Å². The van der Waals surface area contributed by atoms with Crippen LogP contribution >= 0.6 is 0 Å². The molecule has 0 spiro atoms. The first-order chi connectivity index (χ1) is 11.0. The Kier molecular flexibility index (Phi) is 5.93. The van der Waals surface area contributed by atoms with Crippen LogP contribution in [0.15, 0.2) is 48.5 Å². The van der Waals surface area contributed by atoms with Crippen molar-refractivity contribution in [2.75, 3.05) is 12.4 Å². The van der Waals surface area contributed by atoms with Gasteiger partial charge in [0.15, 0.2) is 0 Å². The van der Waals surface area contributed by atoms with Crippen LogP contribution in [0.4, 0.5) is 5.69 Å². The molecule has 0 heterocycles. The molecule has 0 aliphatic carbocycles. The molecule has 0 fully saturated rings. The number of rotatable bonds is 6. The number of benzene rings is 2. The van der Waals surface area contributed by atoms with E-state index in [-0.39, 0.29) is 5.91 Å². The number of ether oxygens (including phenoxy) is 1. The summed E-state index contributed by atoms with van der Waals surface area (Å²) in [5, 5.41) is 2.17.